The second-order valence-corrected chi connectivity index (χ2v) is 5.69. The Bertz CT molecular complexity index is 612. The zero-order valence-corrected chi connectivity index (χ0v) is 13.1. The highest BCUT2D eigenvalue weighted by atomic mass is 32.1. The summed E-state index contributed by atoms with van der Waals surface area (Å²) in [5, 5.41) is 3.50. The number of amides is 2. The number of nitrogens with one attached hydrogen (secondary N) is 1. The summed E-state index contributed by atoms with van der Waals surface area (Å²) in [7, 11) is 1.77. The third-order valence-corrected chi connectivity index (χ3v) is 4.16. The molecule has 1 aromatic carbocycles. The summed E-state index contributed by atoms with van der Waals surface area (Å²) in [4.78, 5) is 13.7. The second-order valence-electron chi connectivity index (χ2n) is 4.88. The molecule has 0 fully saturated rings. The summed E-state index contributed by atoms with van der Waals surface area (Å²) in [6, 6.07) is 7.93. The van der Waals surface area contributed by atoms with Crippen LogP contribution in [0.15, 0.2) is 30.3 Å². The molecule has 4 nitrogen and oxygen atoms in total. The lowest BCUT2D eigenvalue weighted by molar-refractivity contribution is 0.206. The molecule has 0 saturated carbocycles. The minimum atomic E-state index is -0.280. The normalized spacial score (nSPS) is 12.0. The largest absolute Gasteiger partial charge is 0.325 e. The van der Waals surface area contributed by atoms with Crippen LogP contribution in [0.5, 0.6) is 0 Å². The zero-order chi connectivity index (χ0) is 15.4. The zero-order valence-electron chi connectivity index (χ0n) is 12.3. The summed E-state index contributed by atoms with van der Waals surface area (Å²) in [5.41, 5.74) is 1.55. The lowest BCUT2D eigenvalue weighted by Crippen LogP contribution is -2.37. The number of hydrogen-bond donors (Lipinski definition) is 1. The standard InChI is InChI=1S/C15H18FN3OS/c1-4-10(2)19(3)15(20)17-14-9-13(18-21-14)11-5-7-12(16)8-6-11/h5-10H,4H2,1-3H3,(H,17,20). The molecule has 0 aliphatic rings. The first-order chi connectivity index (χ1) is 10.0. The van der Waals surface area contributed by atoms with Crippen LogP contribution < -0.4 is 5.32 Å². The van der Waals surface area contributed by atoms with Gasteiger partial charge >= 0.3 is 6.03 Å². The molecule has 0 radical (unpaired) electrons. The van der Waals surface area contributed by atoms with E-state index in [2.05, 4.69) is 9.69 Å². The van der Waals surface area contributed by atoms with Gasteiger partial charge in [0.1, 0.15) is 10.8 Å². The first-order valence-electron chi connectivity index (χ1n) is 6.77. The van der Waals surface area contributed by atoms with E-state index in [9.17, 15) is 9.18 Å². The van der Waals surface area contributed by atoms with E-state index in [0.717, 1.165) is 17.7 Å². The molecule has 21 heavy (non-hydrogen) atoms. The van der Waals surface area contributed by atoms with Crippen LogP contribution in [0.25, 0.3) is 11.3 Å². The van der Waals surface area contributed by atoms with Gasteiger partial charge in [-0.05, 0) is 49.1 Å². The van der Waals surface area contributed by atoms with Crippen molar-refractivity contribution in [2.24, 2.45) is 0 Å². The van der Waals surface area contributed by atoms with Crippen molar-refractivity contribution in [3.05, 3.63) is 36.1 Å². The molecule has 1 unspecified atom stereocenters. The van der Waals surface area contributed by atoms with Crippen LogP contribution in [-0.2, 0) is 0 Å². The Morgan fingerprint density at radius 3 is 2.71 bits per heavy atom. The van der Waals surface area contributed by atoms with Crippen LogP contribution in [0, 0.1) is 5.82 Å². The van der Waals surface area contributed by atoms with Gasteiger partial charge in [-0.1, -0.05) is 6.92 Å². The molecule has 0 aliphatic heterocycles. The van der Waals surface area contributed by atoms with Gasteiger partial charge in [0, 0.05) is 24.7 Å². The summed E-state index contributed by atoms with van der Waals surface area (Å²) in [6.45, 7) is 4.03. The van der Waals surface area contributed by atoms with Crippen molar-refractivity contribution in [3.8, 4) is 11.3 Å². The van der Waals surface area contributed by atoms with Crippen molar-refractivity contribution >= 4 is 22.6 Å². The van der Waals surface area contributed by atoms with Crippen molar-refractivity contribution in [3.63, 3.8) is 0 Å². The fraction of sp³-hybridized carbons (Fsp3) is 0.333. The molecule has 112 valence electrons. The van der Waals surface area contributed by atoms with Crippen molar-refractivity contribution in [2.75, 3.05) is 12.4 Å². The van der Waals surface area contributed by atoms with Crippen LogP contribution in [-0.4, -0.2) is 28.4 Å². The minimum Gasteiger partial charge on any atom is -0.325 e. The molecule has 0 aliphatic carbocycles. The van der Waals surface area contributed by atoms with Gasteiger partial charge in [0.05, 0.1) is 5.69 Å². The average molecular weight is 307 g/mol. The Hall–Kier alpha value is -1.95. The monoisotopic (exact) mass is 307 g/mol. The van der Waals surface area contributed by atoms with Crippen molar-refractivity contribution in [2.45, 2.75) is 26.3 Å². The molecule has 6 heteroatoms. The van der Waals surface area contributed by atoms with Gasteiger partial charge in [-0.3, -0.25) is 5.32 Å². The summed E-state index contributed by atoms with van der Waals surface area (Å²) in [6.07, 6.45) is 0.896. The van der Waals surface area contributed by atoms with E-state index >= 15 is 0 Å². The number of urea groups is 1. The van der Waals surface area contributed by atoms with E-state index in [1.165, 1.54) is 23.7 Å². The molecule has 0 bridgehead atoms. The van der Waals surface area contributed by atoms with Gasteiger partial charge in [-0.25, -0.2) is 9.18 Å². The van der Waals surface area contributed by atoms with E-state index in [-0.39, 0.29) is 17.9 Å². The SMILES string of the molecule is CCC(C)N(C)C(=O)Nc1cc(-c2ccc(F)cc2)ns1. The molecule has 2 amide bonds. The van der Waals surface area contributed by atoms with E-state index in [0.29, 0.717) is 5.00 Å². The van der Waals surface area contributed by atoms with E-state index < -0.39 is 0 Å². The highest BCUT2D eigenvalue weighted by Crippen LogP contribution is 2.25. The number of halogens is 1. The third-order valence-electron chi connectivity index (χ3n) is 3.45. The molecule has 2 aromatic rings. The first-order valence-corrected chi connectivity index (χ1v) is 7.55. The molecule has 0 spiro atoms. The molecular weight excluding hydrogens is 289 g/mol. The quantitative estimate of drug-likeness (QED) is 0.919. The lowest BCUT2D eigenvalue weighted by Gasteiger charge is -2.23. The Balaban J connectivity index is 2.06. The maximum Gasteiger partial charge on any atom is 0.322 e. The molecule has 1 aromatic heterocycles. The number of nitrogens with zero attached hydrogens (tertiary/aromatic N) is 2. The van der Waals surface area contributed by atoms with Crippen LogP contribution in [0.3, 0.4) is 0 Å². The first kappa shape index (κ1) is 15.4. The molecule has 1 atom stereocenters. The minimum absolute atomic E-state index is 0.154. The number of carbonyl (C=O) groups is 1. The number of carbonyl (C=O) groups excluding carboxylic acids is 1. The van der Waals surface area contributed by atoms with Crippen LogP contribution >= 0.6 is 11.5 Å². The Labute approximate surface area is 127 Å². The van der Waals surface area contributed by atoms with Crippen LogP contribution in [0.4, 0.5) is 14.2 Å². The molecule has 0 saturated heterocycles. The predicted molar refractivity (Wildman–Crippen MR) is 84.0 cm³/mol. The molecule has 1 heterocycles. The number of benzene rings is 1. The van der Waals surface area contributed by atoms with Crippen molar-refractivity contribution in [1.82, 2.24) is 9.27 Å². The Kier molecular flexibility index (Phi) is 4.90. The van der Waals surface area contributed by atoms with Gasteiger partial charge in [0.25, 0.3) is 0 Å². The highest BCUT2D eigenvalue weighted by Gasteiger charge is 2.15. The lowest BCUT2D eigenvalue weighted by atomic mass is 10.1. The molecular formula is C15H18FN3OS. The van der Waals surface area contributed by atoms with Gasteiger partial charge in [-0.2, -0.15) is 4.37 Å². The molecule has 2 rings (SSSR count). The fourth-order valence-corrected chi connectivity index (χ4v) is 2.41. The van der Waals surface area contributed by atoms with Gasteiger partial charge < -0.3 is 4.90 Å². The van der Waals surface area contributed by atoms with E-state index in [1.807, 2.05) is 13.8 Å². The van der Waals surface area contributed by atoms with Gasteiger partial charge in [-0.15, -0.1) is 0 Å². The van der Waals surface area contributed by atoms with Crippen LogP contribution in [0.1, 0.15) is 20.3 Å². The summed E-state index contributed by atoms with van der Waals surface area (Å²) < 4.78 is 17.2. The smallest absolute Gasteiger partial charge is 0.322 e. The Morgan fingerprint density at radius 2 is 2.10 bits per heavy atom. The van der Waals surface area contributed by atoms with Crippen molar-refractivity contribution in [1.29, 1.82) is 0 Å². The predicted octanol–water partition coefficient (Wildman–Crippen LogP) is 4.21. The molecule has 1 N–H and O–H groups in total. The third kappa shape index (κ3) is 3.78. The van der Waals surface area contributed by atoms with Gasteiger partial charge in [0.2, 0.25) is 0 Å². The summed E-state index contributed by atoms with van der Waals surface area (Å²) in [5.74, 6) is -0.280. The highest BCUT2D eigenvalue weighted by molar-refractivity contribution is 7.10. The van der Waals surface area contributed by atoms with Crippen LogP contribution in [0.2, 0.25) is 0 Å². The number of anilines is 1. The average Bonchev–Trinajstić information content (AvgIpc) is 2.94. The maximum absolute atomic E-state index is 12.9. The summed E-state index contributed by atoms with van der Waals surface area (Å²) >= 11 is 1.21. The maximum atomic E-state index is 12.9. The fourth-order valence-electron chi connectivity index (χ4n) is 1.76. The van der Waals surface area contributed by atoms with Gasteiger partial charge in [0.15, 0.2) is 0 Å². The van der Waals surface area contributed by atoms with Crippen molar-refractivity contribution < 1.29 is 9.18 Å². The topological polar surface area (TPSA) is 45.2 Å². The number of hydrogen-bond acceptors (Lipinski definition) is 3. The number of aromatic nitrogens is 1. The van der Waals surface area contributed by atoms with E-state index in [1.54, 1.807) is 30.1 Å². The number of rotatable bonds is 4. The Morgan fingerprint density at radius 1 is 1.43 bits per heavy atom. The van der Waals surface area contributed by atoms with E-state index in [4.69, 9.17) is 0 Å². The second kappa shape index (κ2) is 6.67.